The van der Waals surface area contributed by atoms with Crippen LogP contribution in [0.15, 0.2) is 12.4 Å². The van der Waals surface area contributed by atoms with E-state index < -0.39 is 0 Å². The Morgan fingerprint density at radius 2 is 2.33 bits per heavy atom. The molecule has 18 heavy (non-hydrogen) atoms. The summed E-state index contributed by atoms with van der Waals surface area (Å²) in [7, 11) is 1.74. The second kappa shape index (κ2) is 7.69. The Labute approximate surface area is 114 Å². The van der Waals surface area contributed by atoms with Crippen LogP contribution in [0.1, 0.15) is 19.3 Å². The molecule has 1 N–H and O–H groups in total. The molecule has 1 aliphatic heterocycles. The summed E-state index contributed by atoms with van der Waals surface area (Å²) in [5.74, 6) is 4.45. The SMILES string of the molecule is COCCCNc1nccn1CC1CCSCC1. The fourth-order valence-electron chi connectivity index (χ4n) is 2.25. The summed E-state index contributed by atoms with van der Waals surface area (Å²) in [4.78, 5) is 4.39. The van der Waals surface area contributed by atoms with Crippen molar-refractivity contribution in [2.24, 2.45) is 5.92 Å². The summed E-state index contributed by atoms with van der Waals surface area (Å²) in [6, 6.07) is 0. The van der Waals surface area contributed by atoms with E-state index in [0.29, 0.717) is 0 Å². The molecule has 1 aliphatic rings. The first kappa shape index (κ1) is 13.7. The number of aromatic nitrogens is 2. The predicted molar refractivity (Wildman–Crippen MR) is 77.3 cm³/mol. The van der Waals surface area contributed by atoms with Crippen LogP contribution in [0.5, 0.6) is 0 Å². The third-order valence-electron chi connectivity index (χ3n) is 3.32. The largest absolute Gasteiger partial charge is 0.385 e. The average molecular weight is 269 g/mol. The van der Waals surface area contributed by atoms with E-state index in [1.165, 1.54) is 24.3 Å². The van der Waals surface area contributed by atoms with E-state index in [1.807, 2.05) is 6.20 Å². The average Bonchev–Trinajstić information content (AvgIpc) is 2.83. The zero-order chi connectivity index (χ0) is 12.6. The first-order valence-electron chi connectivity index (χ1n) is 6.72. The van der Waals surface area contributed by atoms with Gasteiger partial charge in [0.25, 0.3) is 0 Å². The Kier molecular flexibility index (Phi) is 5.87. The molecule has 1 aromatic rings. The maximum Gasteiger partial charge on any atom is 0.202 e. The highest BCUT2D eigenvalue weighted by Crippen LogP contribution is 2.24. The lowest BCUT2D eigenvalue weighted by atomic mass is 10.0. The number of nitrogens with one attached hydrogen (secondary N) is 1. The van der Waals surface area contributed by atoms with Gasteiger partial charge in [-0.05, 0) is 36.7 Å². The van der Waals surface area contributed by atoms with Crippen LogP contribution in [0.3, 0.4) is 0 Å². The van der Waals surface area contributed by atoms with Crippen LogP contribution in [0, 0.1) is 5.92 Å². The smallest absolute Gasteiger partial charge is 0.202 e. The van der Waals surface area contributed by atoms with E-state index in [-0.39, 0.29) is 0 Å². The van der Waals surface area contributed by atoms with Gasteiger partial charge in [-0.1, -0.05) is 0 Å². The van der Waals surface area contributed by atoms with Crippen LogP contribution in [0.2, 0.25) is 0 Å². The van der Waals surface area contributed by atoms with E-state index in [9.17, 15) is 0 Å². The molecule has 102 valence electrons. The lowest BCUT2D eigenvalue weighted by Gasteiger charge is -2.22. The standard InChI is InChI=1S/C13H23N3OS/c1-17-8-2-5-14-13-15-6-7-16(13)11-12-3-9-18-10-4-12/h6-7,12H,2-5,8-11H2,1H3,(H,14,15). The van der Waals surface area contributed by atoms with Crippen LogP contribution in [0.25, 0.3) is 0 Å². The summed E-state index contributed by atoms with van der Waals surface area (Å²) in [6.07, 6.45) is 7.66. The predicted octanol–water partition coefficient (Wildman–Crippen LogP) is 2.47. The highest BCUT2D eigenvalue weighted by Gasteiger charge is 2.15. The first-order valence-corrected chi connectivity index (χ1v) is 7.87. The molecule has 4 nitrogen and oxygen atoms in total. The molecule has 2 heterocycles. The molecule has 0 saturated carbocycles. The van der Waals surface area contributed by atoms with Crippen LogP contribution in [-0.2, 0) is 11.3 Å². The minimum absolute atomic E-state index is 0.799. The number of nitrogens with zero attached hydrogens (tertiary/aromatic N) is 2. The molecule has 1 saturated heterocycles. The monoisotopic (exact) mass is 269 g/mol. The van der Waals surface area contributed by atoms with Crippen molar-refractivity contribution in [1.82, 2.24) is 9.55 Å². The summed E-state index contributed by atoms with van der Waals surface area (Å²) in [5, 5.41) is 3.38. The summed E-state index contributed by atoms with van der Waals surface area (Å²) >= 11 is 2.08. The van der Waals surface area contributed by atoms with Gasteiger partial charge in [0, 0.05) is 39.2 Å². The number of anilines is 1. The third-order valence-corrected chi connectivity index (χ3v) is 4.37. The fourth-order valence-corrected chi connectivity index (χ4v) is 3.45. The molecule has 0 atom stereocenters. The van der Waals surface area contributed by atoms with Crippen molar-refractivity contribution < 1.29 is 4.74 Å². The van der Waals surface area contributed by atoms with Gasteiger partial charge in [-0.2, -0.15) is 11.8 Å². The molecule has 1 aromatic heterocycles. The second-order valence-electron chi connectivity index (χ2n) is 4.73. The van der Waals surface area contributed by atoms with Gasteiger partial charge in [-0.15, -0.1) is 0 Å². The maximum atomic E-state index is 5.04. The van der Waals surface area contributed by atoms with Crippen LogP contribution in [0.4, 0.5) is 5.95 Å². The molecule has 0 aromatic carbocycles. The quantitative estimate of drug-likeness (QED) is 0.772. The Morgan fingerprint density at radius 3 is 3.11 bits per heavy atom. The molecule has 5 heteroatoms. The molecular formula is C13H23N3OS. The van der Waals surface area contributed by atoms with Crippen molar-refractivity contribution in [1.29, 1.82) is 0 Å². The maximum absolute atomic E-state index is 5.04. The van der Waals surface area contributed by atoms with Crippen molar-refractivity contribution in [3.05, 3.63) is 12.4 Å². The van der Waals surface area contributed by atoms with E-state index in [1.54, 1.807) is 7.11 Å². The number of imidazole rings is 1. The Morgan fingerprint density at radius 1 is 1.50 bits per heavy atom. The van der Waals surface area contributed by atoms with Crippen molar-refractivity contribution in [2.75, 3.05) is 37.1 Å². The number of ether oxygens (including phenoxy) is 1. The van der Waals surface area contributed by atoms with Gasteiger partial charge in [0.05, 0.1) is 0 Å². The van der Waals surface area contributed by atoms with Gasteiger partial charge in [0.1, 0.15) is 0 Å². The number of rotatable bonds is 7. The fraction of sp³-hybridized carbons (Fsp3) is 0.769. The number of hydrogen-bond acceptors (Lipinski definition) is 4. The van der Waals surface area contributed by atoms with E-state index in [0.717, 1.165) is 38.0 Å². The highest BCUT2D eigenvalue weighted by atomic mass is 32.2. The van der Waals surface area contributed by atoms with Crippen molar-refractivity contribution in [3.8, 4) is 0 Å². The van der Waals surface area contributed by atoms with Crippen LogP contribution < -0.4 is 5.32 Å². The second-order valence-corrected chi connectivity index (χ2v) is 5.96. The third kappa shape index (κ3) is 4.21. The van der Waals surface area contributed by atoms with Crippen LogP contribution >= 0.6 is 11.8 Å². The highest BCUT2D eigenvalue weighted by molar-refractivity contribution is 7.99. The number of hydrogen-bond donors (Lipinski definition) is 1. The van der Waals surface area contributed by atoms with Gasteiger partial charge in [-0.3, -0.25) is 0 Å². The van der Waals surface area contributed by atoms with Crippen molar-refractivity contribution in [2.45, 2.75) is 25.8 Å². The Hall–Kier alpha value is -0.680. The Balaban J connectivity index is 1.79. The normalized spacial score (nSPS) is 16.9. The summed E-state index contributed by atoms with van der Waals surface area (Å²) in [5.41, 5.74) is 0. The molecule has 2 rings (SSSR count). The molecule has 0 unspecified atom stereocenters. The molecule has 0 spiro atoms. The van der Waals surface area contributed by atoms with Crippen molar-refractivity contribution >= 4 is 17.7 Å². The van der Waals surface area contributed by atoms with E-state index in [2.05, 4.69) is 32.8 Å². The van der Waals surface area contributed by atoms with E-state index >= 15 is 0 Å². The topological polar surface area (TPSA) is 39.1 Å². The van der Waals surface area contributed by atoms with Crippen LogP contribution in [-0.4, -0.2) is 41.3 Å². The molecule has 1 fully saturated rings. The van der Waals surface area contributed by atoms with Gasteiger partial charge in [0.15, 0.2) is 0 Å². The Bertz CT molecular complexity index is 337. The zero-order valence-electron chi connectivity index (χ0n) is 11.1. The van der Waals surface area contributed by atoms with Gasteiger partial charge >= 0.3 is 0 Å². The molecule has 0 bridgehead atoms. The van der Waals surface area contributed by atoms with Gasteiger partial charge in [-0.25, -0.2) is 4.98 Å². The van der Waals surface area contributed by atoms with Gasteiger partial charge < -0.3 is 14.6 Å². The lowest BCUT2D eigenvalue weighted by Crippen LogP contribution is -2.18. The van der Waals surface area contributed by atoms with Gasteiger partial charge in [0.2, 0.25) is 5.95 Å². The zero-order valence-corrected chi connectivity index (χ0v) is 11.9. The molecule has 0 radical (unpaired) electrons. The minimum atomic E-state index is 0.799. The minimum Gasteiger partial charge on any atom is -0.385 e. The molecule has 0 aliphatic carbocycles. The lowest BCUT2D eigenvalue weighted by molar-refractivity contribution is 0.197. The van der Waals surface area contributed by atoms with E-state index in [4.69, 9.17) is 4.74 Å². The molecule has 0 amide bonds. The number of thioether (sulfide) groups is 1. The summed E-state index contributed by atoms with van der Waals surface area (Å²) in [6.45, 7) is 2.83. The first-order chi connectivity index (χ1) is 8.90. The van der Waals surface area contributed by atoms with Crippen molar-refractivity contribution in [3.63, 3.8) is 0 Å². The number of methoxy groups -OCH3 is 1. The summed E-state index contributed by atoms with van der Waals surface area (Å²) < 4.78 is 7.30. The molecular weight excluding hydrogens is 246 g/mol.